The van der Waals surface area contributed by atoms with Crippen LogP contribution in [0.4, 0.5) is 10.7 Å². The summed E-state index contributed by atoms with van der Waals surface area (Å²) in [6, 6.07) is 15.1. The fraction of sp³-hybridized carbons (Fsp3) is 0.240. The van der Waals surface area contributed by atoms with Gasteiger partial charge in [0, 0.05) is 36.8 Å². The van der Waals surface area contributed by atoms with Gasteiger partial charge in [-0.2, -0.15) is 0 Å². The smallest absolute Gasteiger partial charge is 0.314 e. The molecule has 0 radical (unpaired) electrons. The lowest BCUT2D eigenvalue weighted by Crippen LogP contribution is -2.44. The van der Waals surface area contributed by atoms with Gasteiger partial charge in [-0.1, -0.05) is 48.0 Å². The van der Waals surface area contributed by atoms with E-state index in [9.17, 15) is 13.2 Å². The zero-order chi connectivity index (χ0) is 25.3. The summed E-state index contributed by atoms with van der Waals surface area (Å²) < 4.78 is 28.2. The van der Waals surface area contributed by atoms with Crippen LogP contribution >= 0.6 is 11.6 Å². The number of piperidine rings is 1. The molecule has 0 saturated carbocycles. The second-order valence-corrected chi connectivity index (χ2v) is 11.0. The van der Waals surface area contributed by atoms with E-state index in [-0.39, 0.29) is 10.8 Å². The van der Waals surface area contributed by atoms with E-state index in [1.807, 2.05) is 12.1 Å². The van der Waals surface area contributed by atoms with Crippen LogP contribution in [0.5, 0.6) is 0 Å². The van der Waals surface area contributed by atoms with Crippen molar-refractivity contribution in [3.63, 3.8) is 0 Å². The minimum absolute atomic E-state index is 0.186. The molecule has 1 aliphatic rings. The van der Waals surface area contributed by atoms with Crippen molar-refractivity contribution in [1.82, 2.24) is 18.8 Å². The SMILES string of the molecule is NC(=O)N1CCCC(CNc2ncc(Cl)c(-c3cn(S(=O)(=O)c4ccccc4)c4ccccc34)n2)C1. The second kappa shape index (κ2) is 9.79. The molecule has 2 amide bonds. The lowest BCUT2D eigenvalue weighted by atomic mass is 9.98. The first kappa shape index (κ1) is 24.1. The average Bonchev–Trinajstić information content (AvgIpc) is 3.29. The number of carbonyl (C=O) groups excluding carboxylic acids is 1. The van der Waals surface area contributed by atoms with Gasteiger partial charge in [0.05, 0.1) is 27.3 Å². The number of anilines is 1. The fourth-order valence-corrected chi connectivity index (χ4v) is 6.14. The number of amides is 2. The molecule has 36 heavy (non-hydrogen) atoms. The van der Waals surface area contributed by atoms with Gasteiger partial charge in [-0.15, -0.1) is 0 Å². The van der Waals surface area contributed by atoms with Crippen LogP contribution in [-0.2, 0) is 10.0 Å². The molecule has 1 fully saturated rings. The maximum absolute atomic E-state index is 13.4. The Hall–Kier alpha value is -3.63. The predicted octanol–water partition coefficient (Wildman–Crippen LogP) is 4.19. The number of aromatic nitrogens is 3. The number of hydrogen-bond acceptors (Lipinski definition) is 6. The highest BCUT2D eigenvalue weighted by Crippen LogP contribution is 2.35. The summed E-state index contributed by atoms with van der Waals surface area (Å²) in [6.45, 7) is 1.81. The molecule has 0 aliphatic carbocycles. The van der Waals surface area contributed by atoms with Crippen LogP contribution in [0.25, 0.3) is 22.2 Å². The lowest BCUT2D eigenvalue weighted by Gasteiger charge is -2.31. The second-order valence-electron chi connectivity index (χ2n) is 8.74. The Morgan fingerprint density at radius 2 is 1.89 bits per heavy atom. The summed E-state index contributed by atoms with van der Waals surface area (Å²) >= 11 is 6.50. The third-order valence-corrected chi connectivity index (χ3v) is 8.32. The summed E-state index contributed by atoms with van der Waals surface area (Å²) in [5.74, 6) is 0.584. The van der Waals surface area contributed by atoms with E-state index < -0.39 is 16.1 Å². The van der Waals surface area contributed by atoms with Gasteiger partial charge in [-0.05, 0) is 37.0 Å². The average molecular weight is 525 g/mol. The van der Waals surface area contributed by atoms with E-state index in [4.69, 9.17) is 17.3 Å². The van der Waals surface area contributed by atoms with Crippen molar-refractivity contribution in [2.75, 3.05) is 25.0 Å². The number of urea groups is 1. The van der Waals surface area contributed by atoms with Gasteiger partial charge in [-0.3, -0.25) is 0 Å². The monoisotopic (exact) mass is 524 g/mol. The number of hydrogen-bond donors (Lipinski definition) is 2. The Morgan fingerprint density at radius 3 is 2.67 bits per heavy atom. The highest BCUT2D eigenvalue weighted by molar-refractivity contribution is 7.90. The Labute approximate surface area is 214 Å². The standard InChI is InChI=1S/C25H25ClN6O3S/c26-21-14-29-25(28-13-17-7-6-12-31(15-17)24(27)33)30-23(21)20-16-32(22-11-5-4-10-19(20)22)36(34,35)18-8-2-1-3-9-18/h1-5,8-11,14,16-17H,6-7,12-13,15H2,(H2,27,33)(H,28,29,30). The van der Waals surface area contributed by atoms with Gasteiger partial charge in [-0.25, -0.2) is 27.2 Å². The molecule has 4 aromatic rings. The molecule has 1 unspecified atom stereocenters. The van der Waals surface area contributed by atoms with Gasteiger partial charge < -0.3 is 16.0 Å². The molecule has 186 valence electrons. The maximum atomic E-state index is 13.4. The Bertz CT molecular complexity index is 1520. The molecule has 3 N–H and O–H groups in total. The third-order valence-electron chi connectivity index (χ3n) is 6.36. The molecule has 9 nitrogen and oxygen atoms in total. The molecule has 2 aromatic carbocycles. The number of para-hydroxylation sites is 1. The topological polar surface area (TPSA) is 123 Å². The molecular weight excluding hydrogens is 500 g/mol. The van der Waals surface area contributed by atoms with E-state index in [0.717, 1.165) is 12.8 Å². The first-order chi connectivity index (χ1) is 17.3. The van der Waals surface area contributed by atoms with Crippen molar-refractivity contribution in [3.05, 3.63) is 72.0 Å². The third kappa shape index (κ3) is 4.61. The minimum atomic E-state index is -3.84. The molecule has 3 heterocycles. The predicted molar refractivity (Wildman–Crippen MR) is 139 cm³/mol. The van der Waals surface area contributed by atoms with Gasteiger partial charge >= 0.3 is 6.03 Å². The van der Waals surface area contributed by atoms with Gasteiger partial charge in [0.15, 0.2) is 0 Å². The molecule has 2 aromatic heterocycles. The molecule has 11 heteroatoms. The highest BCUT2D eigenvalue weighted by Gasteiger charge is 2.24. The number of rotatable bonds is 6. The summed E-state index contributed by atoms with van der Waals surface area (Å²) in [4.78, 5) is 22.3. The number of fused-ring (bicyclic) bond motifs is 1. The van der Waals surface area contributed by atoms with E-state index in [1.54, 1.807) is 53.6 Å². The van der Waals surface area contributed by atoms with Gasteiger partial charge in [0.1, 0.15) is 0 Å². The number of nitrogens with two attached hydrogens (primary N) is 1. The van der Waals surface area contributed by atoms with Crippen LogP contribution in [0.2, 0.25) is 5.02 Å². The largest absolute Gasteiger partial charge is 0.354 e. The van der Waals surface area contributed by atoms with Crippen molar-refractivity contribution >= 4 is 44.5 Å². The fourth-order valence-electron chi connectivity index (χ4n) is 4.55. The molecule has 1 aliphatic heterocycles. The normalized spacial score (nSPS) is 16.2. The van der Waals surface area contributed by atoms with Crippen LogP contribution in [0, 0.1) is 5.92 Å². The number of benzene rings is 2. The van der Waals surface area contributed by atoms with Crippen molar-refractivity contribution in [2.45, 2.75) is 17.7 Å². The van der Waals surface area contributed by atoms with Crippen molar-refractivity contribution < 1.29 is 13.2 Å². The number of likely N-dealkylation sites (tertiary alicyclic amines) is 1. The van der Waals surface area contributed by atoms with Crippen LogP contribution in [0.3, 0.4) is 0 Å². The zero-order valence-electron chi connectivity index (χ0n) is 19.3. The van der Waals surface area contributed by atoms with Crippen LogP contribution in [0.15, 0.2) is 71.9 Å². The number of nitrogens with one attached hydrogen (secondary N) is 1. The Morgan fingerprint density at radius 1 is 1.14 bits per heavy atom. The van der Waals surface area contributed by atoms with Crippen LogP contribution < -0.4 is 11.1 Å². The number of halogens is 1. The summed E-state index contributed by atoms with van der Waals surface area (Å²) in [7, 11) is -3.84. The quantitative estimate of drug-likeness (QED) is 0.390. The number of carbonyl (C=O) groups is 1. The molecule has 1 saturated heterocycles. The molecule has 0 bridgehead atoms. The molecular formula is C25H25ClN6O3S. The Kier molecular flexibility index (Phi) is 6.55. The summed E-state index contributed by atoms with van der Waals surface area (Å²) in [6.07, 6.45) is 4.90. The van der Waals surface area contributed by atoms with Crippen molar-refractivity contribution in [3.8, 4) is 11.3 Å². The molecule has 1 atom stereocenters. The lowest BCUT2D eigenvalue weighted by molar-refractivity contribution is 0.177. The summed E-state index contributed by atoms with van der Waals surface area (Å²) in [5.41, 5.74) is 6.96. The van der Waals surface area contributed by atoms with E-state index in [1.165, 1.54) is 10.2 Å². The van der Waals surface area contributed by atoms with Crippen molar-refractivity contribution in [1.29, 1.82) is 0 Å². The van der Waals surface area contributed by atoms with Crippen molar-refractivity contribution in [2.24, 2.45) is 11.7 Å². The summed E-state index contributed by atoms with van der Waals surface area (Å²) in [5, 5.41) is 4.24. The van der Waals surface area contributed by atoms with E-state index in [0.29, 0.717) is 52.8 Å². The van der Waals surface area contributed by atoms with E-state index >= 15 is 0 Å². The maximum Gasteiger partial charge on any atom is 0.314 e. The highest BCUT2D eigenvalue weighted by atomic mass is 35.5. The first-order valence-electron chi connectivity index (χ1n) is 11.6. The molecule has 5 rings (SSSR count). The van der Waals surface area contributed by atoms with Gasteiger partial charge in [0.2, 0.25) is 5.95 Å². The minimum Gasteiger partial charge on any atom is -0.354 e. The first-order valence-corrected chi connectivity index (χ1v) is 13.4. The van der Waals surface area contributed by atoms with E-state index in [2.05, 4.69) is 15.3 Å². The van der Waals surface area contributed by atoms with Crippen LogP contribution in [-0.4, -0.2) is 52.9 Å². The van der Waals surface area contributed by atoms with Crippen LogP contribution in [0.1, 0.15) is 12.8 Å². The zero-order valence-corrected chi connectivity index (χ0v) is 20.9. The molecule has 0 spiro atoms. The Balaban J connectivity index is 1.49. The number of nitrogens with zero attached hydrogens (tertiary/aromatic N) is 4. The van der Waals surface area contributed by atoms with Gasteiger partial charge in [0.25, 0.3) is 10.0 Å². The number of primary amides is 1.